The van der Waals surface area contributed by atoms with Crippen molar-refractivity contribution < 1.29 is 27.9 Å². The first-order chi connectivity index (χ1) is 18.5. The van der Waals surface area contributed by atoms with Gasteiger partial charge >= 0.3 is 12.1 Å². The number of amides is 1. The zero-order valence-corrected chi connectivity index (χ0v) is 21.9. The van der Waals surface area contributed by atoms with Crippen LogP contribution < -0.4 is 16.2 Å². The number of fused-ring (bicyclic) bond motifs is 1. The molecule has 1 fully saturated rings. The van der Waals surface area contributed by atoms with Crippen LogP contribution in [0.5, 0.6) is 0 Å². The number of carboxylic acids is 1. The molecule has 4 rings (SSSR count). The number of carboxylic acid groups (broad SMARTS) is 1. The number of rotatable bonds is 7. The summed E-state index contributed by atoms with van der Waals surface area (Å²) in [6, 6.07) is 6.34. The van der Waals surface area contributed by atoms with Crippen LogP contribution in [0.2, 0.25) is 5.02 Å². The molecule has 12 heteroatoms. The molecule has 1 aliphatic heterocycles. The first-order valence-electron chi connectivity index (χ1n) is 12.4. The molecule has 0 saturated carbocycles. The highest BCUT2D eigenvalue weighted by Gasteiger charge is 2.42. The van der Waals surface area contributed by atoms with Crippen LogP contribution in [0.25, 0.3) is 5.70 Å². The molecule has 1 aliphatic carbocycles. The summed E-state index contributed by atoms with van der Waals surface area (Å²) in [5.74, 6) is -2.01. The number of allylic oxidation sites excluding steroid dienone is 3. The van der Waals surface area contributed by atoms with E-state index in [0.717, 1.165) is 15.7 Å². The summed E-state index contributed by atoms with van der Waals surface area (Å²) in [6.07, 6.45) is -0.188. The molecule has 8 nitrogen and oxygen atoms in total. The summed E-state index contributed by atoms with van der Waals surface area (Å²) < 4.78 is 41.7. The van der Waals surface area contributed by atoms with Crippen molar-refractivity contribution in [3.8, 4) is 0 Å². The highest BCUT2D eigenvalue weighted by atomic mass is 35.5. The highest BCUT2D eigenvalue weighted by molar-refractivity contribution is 6.30. The lowest BCUT2D eigenvalue weighted by atomic mass is 10.00. The van der Waals surface area contributed by atoms with Gasteiger partial charge in [0.2, 0.25) is 0 Å². The molecule has 2 aliphatic rings. The summed E-state index contributed by atoms with van der Waals surface area (Å²) in [5.41, 5.74) is 1.62. The fourth-order valence-corrected chi connectivity index (χ4v) is 4.85. The molecule has 0 bridgehead atoms. The topological polar surface area (TPSA) is 104 Å². The molecule has 39 heavy (non-hydrogen) atoms. The van der Waals surface area contributed by atoms with Gasteiger partial charge in [-0.3, -0.25) is 19.0 Å². The Hall–Kier alpha value is -3.57. The third kappa shape index (κ3) is 6.54. The Kier molecular flexibility index (Phi) is 8.51. The molecule has 208 valence electrons. The van der Waals surface area contributed by atoms with E-state index < -0.39 is 36.2 Å². The van der Waals surface area contributed by atoms with Crippen molar-refractivity contribution in [1.29, 1.82) is 0 Å². The van der Waals surface area contributed by atoms with Crippen molar-refractivity contribution >= 4 is 29.2 Å². The van der Waals surface area contributed by atoms with Crippen LogP contribution in [0.15, 0.2) is 52.9 Å². The van der Waals surface area contributed by atoms with Crippen molar-refractivity contribution in [2.24, 2.45) is 0 Å². The molecular formula is C27H28ClF3N4O4. The van der Waals surface area contributed by atoms with E-state index in [1.165, 1.54) is 6.07 Å². The van der Waals surface area contributed by atoms with Gasteiger partial charge in [0.1, 0.15) is 18.2 Å². The second-order valence-electron chi connectivity index (χ2n) is 9.41. The maximum Gasteiger partial charge on any atom is 0.405 e. The molecule has 0 spiro atoms. The molecule has 1 atom stereocenters. The van der Waals surface area contributed by atoms with Crippen molar-refractivity contribution in [1.82, 2.24) is 20.1 Å². The Bertz CT molecular complexity index is 1380. The monoisotopic (exact) mass is 564 g/mol. The Morgan fingerprint density at radius 3 is 2.56 bits per heavy atom. The lowest BCUT2D eigenvalue weighted by molar-refractivity contribution is -0.162. The summed E-state index contributed by atoms with van der Waals surface area (Å²) in [4.78, 5) is 40.0. The van der Waals surface area contributed by atoms with E-state index in [4.69, 9.17) is 11.6 Å². The first kappa shape index (κ1) is 28.4. The van der Waals surface area contributed by atoms with Crippen molar-refractivity contribution in [3.63, 3.8) is 0 Å². The van der Waals surface area contributed by atoms with Gasteiger partial charge in [-0.2, -0.15) is 13.2 Å². The molecular weight excluding hydrogens is 537 g/mol. The number of carbonyl (C=O) groups excluding carboxylic acids is 1. The molecule has 3 N–H and O–H groups in total. The van der Waals surface area contributed by atoms with Crippen molar-refractivity contribution in [2.45, 2.75) is 45.1 Å². The average Bonchev–Trinajstić information content (AvgIpc) is 3.08. The molecule has 1 aromatic heterocycles. The zero-order valence-electron chi connectivity index (χ0n) is 21.1. The first-order valence-corrected chi connectivity index (χ1v) is 12.8. The fourth-order valence-electron chi connectivity index (χ4n) is 4.73. The van der Waals surface area contributed by atoms with E-state index in [-0.39, 0.29) is 38.2 Å². The smallest absolute Gasteiger partial charge is 0.405 e. The number of nitrogens with one attached hydrogen (secondary N) is 2. The predicted molar refractivity (Wildman–Crippen MR) is 140 cm³/mol. The Balaban J connectivity index is 1.79. The number of hydrogen-bond donors (Lipinski definition) is 3. The summed E-state index contributed by atoms with van der Waals surface area (Å²) >= 11 is 5.90. The maximum absolute atomic E-state index is 13.6. The van der Waals surface area contributed by atoms with Gasteiger partial charge in [-0.25, -0.2) is 0 Å². The van der Waals surface area contributed by atoms with Crippen LogP contribution in [0.3, 0.4) is 0 Å². The Morgan fingerprint density at radius 2 is 1.92 bits per heavy atom. The van der Waals surface area contributed by atoms with Gasteiger partial charge in [0.05, 0.1) is 0 Å². The second kappa shape index (κ2) is 11.7. The summed E-state index contributed by atoms with van der Waals surface area (Å²) in [6.45, 7) is 1.23. The van der Waals surface area contributed by atoms with Crippen LogP contribution >= 0.6 is 11.6 Å². The van der Waals surface area contributed by atoms with E-state index in [0.29, 0.717) is 28.4 Å². The molecule has 2 heterocycles. The SMILES string of the molecule is CCC1=CC=C(N2CCNC(C(F)(F)F)C2)c2cc(C(=O)NCc3ccc(Cl)cc3)c(=O)n(CC(=O)O)c2C1. The molecule has 2 aromatic rings. The average molecular weight is 565 g/mol. The zero-order chi connectivity index (χ0) is 28.3. The second-order valence-corrected chi connectivity index (χ2v) is 9.85. The van der Waals surface area contributed by atoms with Crippen molar-refractivity contribution in [3.05, 3.63) is 85.8 Å². The van der Waals surface area contributed by atoms with E-state index in [2.05, 4.69) is 10.6 Å². The number of halogens is 4. The van der Waals surface area contributed by atoms with Crippen LogP contribution in [0.4, 0.5) is 13.2 Å². The third-order valence-electron chi connectivity index (χ3n) is 6.82. The number of carbonyl (C=O) groups is 2. The normalized spacial score (nSPS) is 17.6. The van der Waals surface area contributed by atoms with Crippen LogP contribution in [-0.4, -0.2) is 58.3 Å². The minimum Gasteiger partial charge on any atom is -0.480 e. The number of aliphatic carboxylic acids is 1. The number of alkyl halides is 3. The quantitative estimate of drug-likeness (QED) is 0.475. The number of aromatic nitrogens is 1. The highest BCUT2D eigenvalue weighted by Crippen LogP contribution is 2.32. The lowest BCUT2D eigenvalue weighted by Gasteiger charge is -2.38. The molecule has 1 saturated heterocycles. The van der Waals surface area contributed by atoms with Gasteiger partial charge < -0.3 is 20.6 Å². The standard InChI is InChI=1S/C27H28ClF3N4O4/c1-2-16-5-8-21(34-10-9-32-23(14-34)27(29,30)31)19-12-20(26(39)35(15-24(36)37)22(19)11-16)25(38)33-13-17-3-6-18(28)7-4-17/h3-8,12,23,32H,2,9-11,13-15H2,1H3,(H,33,38)(H,36,37). The molecule has 1 unspecified atom stereocenters. The van der Waals surface area contributed by atoms with Crippen LogP contribution in [0, 0.1) is 0 Å². The number of hydrogen-bond acceptors (Lipinski definition) is 5. The number of pyridine rings is 1. The number of nitrogens with zero attached hydrogens (tertiary/aromatic N) is 2. The summed E-state index contributed by atoms with van der Waals surface area (Å²) in [7, 11) is 0. The maximum atomic E-state index is 13.6. The largest absolute Gasteiger partial charge is 0.480 e. The van der Waals surface area contributed by atoms with Gasteiger partial charge in [0, 0.05) is 54.6 Å². The molecule has 1 aromatic carbocycles. The van der Waals surface area contributed by atoms with Crippen LogP contribution in [0.1, 0.15) is 40.5 Å². The lowest BCUT2D eigenvalue weighted by Crippen LogP contribution is -2.56. The number of piperazine rings is 1. The van der Waals surface area contributed by atoms with E-state index >= 15 is 0 Å². The Morgan fingerprint density at radius 1 is 1.21 bits per heavy atom. The minimum absolute atomic E-state index is 0.0738. The Labute approximate surface area is 227 Å². The van der Waals surface area contributed by atoms with Gasteiger partial charge in [-0.05, 0) is 36.3 Å². The number of benzene rings is 1. The van der Waals surface area contributed by atoms with E-state index in [9.17, 15) is 32.7 Å². The molecule has 0 radical (unpaired) electrons. The van der Waals surface area contributed by atoms with Crippen LogP contribution in [-0.2, 0) is 24.3 Å². The fraction of sp³-hybridized carbons (Fsp3) is 0.370. The van der Waals surface area contributed by atoms with Gasteiger partial charge in [0.25, 0.3) is 11.5 Å². The van der Waals surface area contributed by atoms with Crippen molar-refractivity contribution in [2.75, 3.05) is 19.6 Å². The van der Waals surface area contributed by atoms with Gasteiger partial charge in [-0.15, -0.1) is 0 Å². The summed E-state index contributed by atoms with van der Waals surface area (Å²) in [5, 5.41) is 15.3. The molecule has 1 amide bonds. The predicted octanol–water partition coefficient (Wildman–Crippen LogP) is 3.59. The van der Waals surface area contributed by atoms with E-state index in [1.807, 2.05) is 6.92 Å². The van der Waals surface area contributed by atoms with Gasteiger partial charge in [0.15, 0.2) is 0 Å². The third-order valence-corrected chi connectivity index (χ3v) is 7.07. The minimum atomic E-state index is -4.47. The van der Waals surface area contributed by atoms with E-state index in [1.54, 1.807) is 41.3 Å². The van der Waals surface area contributed by atoms with Gasteiger partial charge in [-0.1, -0.05) is 42.3 Å².